The molecule has 5 nitrogen and oxygen atoms in total. The summed E-state index contributed by atoms with van der Waals surface area (Å²) in [4.78, 5) is 11.7. The number of carbonyl (C=O) groups is 1. The van der Waals surface area contributed by atoms with Crippen LogP contribution in [0.25, 0.3) is 0 Å². The van der Waals surface area contributed by atoms with Gasteiger partial charge in [-0.25, -0.2) is 0 Å². The van der Waals surface area contributed by atoms with E-state index in [4.69, 9.17) is 14.7 Å². The standard InChI is InChI=1S/C17H16N2O3/c1-21-15-5-7-16(8-6-15)22-12-17(20)19-11-14-4-2-3-13(9-14)10-18/h2-9H,11-12H2,1H3,(H,19,20). The quantitative estimate of drug-likeness (QED) is 0.887. The van der Waals surface area contributed by atoms with Gasteiger partial charge in [-0.1, -0.05) is 12.1 Å². The lowest BCUT2D eigenvalue weighted by Crippen LogP contribution is -2.28. The summed E-state index contributed by atoms with van der Waals surface area (Å²) in [6.45, 7) is 0.296. The lowest BCUT2D eigenvalue weighted by molar-refractivity contribution is -0.123. The molecule has 0 atom stereocenters. The molecule has 2 rings (SSSR count). The van der Waals surface area contributed by atoms with Gasteiger partial charge in [-0.05, 0) is 42.0 Å². The average Bonchev–Trinajstić information content (AvgIpc) is 2.58. The van der Waals surface area contributed by atoms with Crippen molar-refractivity contribution in [1.29, 1.82) is 5.26 Å². The predicted octanol–water partition coefficient (Wildman–Crippen LogP) is 2.26. The molecule has 1 amide bonds. The first-order valence-corrected chi connectivity index (χ1v) is 6.74. The van der Waals surface area contributed by atoms with Crippen LogP contribution in [0.1, 0.15) is 11.1 Å². The third-order valence-corrected chi connectivity index (χ3v) is 2.98. The zero-order valence-electron chi connectivity index (χ0n) is 12.2. The van der Waals surface area contributed by atoms with Crippen molar-refractivity contribution in [2.45, 2.75) is 6.54 Å². The predicted molar refractivity (Wildman–Crippen MR) is 81.5 cm³/mol. The first kappa shape index (κ1) is 15.4. The Hall–Kier alpha value is -3.00. The Morgan fingerprint density at radius 1 is 1.18 bits per heavy atom. The number of benzene rings is 2. The molecule has 0 spiro atoms. The zero-order valence-corrected chi connectivity index (χ0v) is 12.2. The Bertz CT molecular complexity index is 675. The van der Waals surface area contributed by atoms with Crippen molar-refractivity contribution in [1.82, 2.24) is 5.32 Å². The van der Waals surface area contributed by atoms with Crippen molar-refractivity contribution >= 4 is 5.91 Å². The van der Waals surface area contributed by atoms with Crippen molar-refractivity contribution in [3.05, 3.63) is 59.7 Å². The Balaban J connectivity index is 1.79. The highest BCUT2D eigenvalue weighted by molar-refractivity contribution is 5.77. The molecule has 0 saturated heterocycles. The molecule has 0 radical (unpaired) electrons. The number of nitriles is 1. The van der Waals surface area contributed by atoms with Gasteiger partial charge in [0, 0.05) is 6.54 Å². The highest BCUT2D eigenvalue weighted by atomic mass is 16.5. The number of amides is 1. The van der Waals surface area contributed by atoms with Gasteiger partial charge in [0.25, 0.3) is 5.91 Å². The van der Waals surface area contributed by atoms with E-state index in [0.29, 0.717) is 17.9 Å². The minimum atomic E-state index is -0.224. The number of hydrogen-bond donors (Lipinski definition) is 1. The molecule has 0 fully saturated rings. The van der Waals surface area contributed by atoms with Gasteiger partial charge in [0.2, 0.25) is 0 Å². The minimum Gasteiger partial charge on any atom is -0.497 e. The first-order chi connectivity index (χ1) is 10.7. The summed E-state index contributed by atoms with van der Waals surface area (Å²) < 4.78 is 10.4. The number of methoxy groups -OCH3 is 1. The minimum absolute atomic E-state index is 0.0652. The van der Waals surface area contributed by atoms with E-state index in [-0.39, 0.29) is 12.5 Å². The van der Waals surface area contributed by atoms with Crippen LogP contribution in [0.2, 0.25) is 0 Å². The number of nitrogens with one attached hydrogen (secondary N) is 1. The Labute approximate surface area is 129 Å². The molecule has 1 N–H and O–H groups in total. The van der Waals surface area contributed by atoms with E-state index in [1.54, 1.807) is 49.6 Å². The van der Waals surface area contributed by atoms with Crippen LogP contribution in [0.4, 0.5) is 0 Å². The molecule has 0 saturated carbocycles. The molecule has 22 heavy (non-hydrogen) atoms. The molecule has 2 aromatic carbocycles. The van der Waals surface area contributed by atoms with Crippen LogP contribution < -0.4 is 14.8 Å². The van der Waals surface area contributed by atoms with E-state index in [0.717, 1.165) is 11.3 Å². The smallest absolute Gasteiger partial charge is 0.258 e. The van der Waals surface area contributed by atoms with Crippen molar-refractivity contribution in [2.24, 2.45) is 0 Å². The van der Waals surface area contributed by atoms with Gasteiger partial charge in [0.15, 0.2) is 6.61 Å². The van der Waals surface area contributed by atoms with E-state index >= 15 is 0 Å². The molecule has 112 valence electrons. The molecule has 5 heteroatoms. The molecule has 0 aromatic heterocycles. The van der Waals surface area contributed by atoms with Crippen molar-refractivity contribution in [2.75, 3.05) is 13.7 Å². The van der Waals surface area contributed by atoms with Crippen LogP contribution in [0.5, 0.6) is 11.5 Å². The highest BCUT2D eigenvalue weighted by Crippen LogP contribution is 2.16. The molecule has 0 aliphatic rings. The monoisotopic (exact) mass is 296 g/mol. The lowest BCUT2D eigenvalue weighted by Gasteiger charge is -2.08. The number of ether oxygens (including phenoxy) is 2. The average molecular weight is 296 g/mol. The van der Waals surface area contributed by atoms with Crippen LogP contribution in [0.15, 0.2) is 48.5 Å². The number of hydrogen-bond acceptors (Lipinski definition) is 4. The Morgan fingerprint density at radius 3 is 2.59 bits per heavy atom. The summed E-state index contributed by atoms with van der Waals surface area (Å²) in [5.74, 6) is 1.11. The second-order valence-electron chi connectivity index (χ2n) is 4.55. The second-order valence-corrected chi connectivity index (χ2v) is 4.55. The molecule has 2 aromatic rings. The normalized spacial score (nSPS) is 9.64. The number of rotatable bonds is 6. The maximum absolute atomic E-state index is 11.7. The second kappa shape index (κ2) is 7.70. The van der Waals surface area contributed by atoms with Crippen molar-refractivity contribution < 1.29 is 14.3 Å². The van der Waals surface area contributed by atoms with Crippen molar-refractivity contribution in [3.63, 3.8) is 0 Å². The van der Waals surface area contributed by atoms with Gasteiger partial charge in [-0.2, -0.15) is 5.26 Å². The number of carbonyl (C=O) groups excluding carboxylic acids is 1. The Morgan fingerprint density at radius 2 is 1.91 bits per heavy atom. The Kier molecular flexibility index (Phi) is 5.38. The molecule has 0 unspecified atom stereocenters. The van der Waals surface area contributed by atoms with Crippen molar-refractivity contribution in [3.8, 4) is 17.6 Å². The summed E-state index contributed by atoms with van der Waals surface area (Å²) in [6.07, 6.45) is 0. The van der Waals surface area contributed by atoms with Gasteiger partial charge in [-0.15, -0.1) is 0 Å². The highest BCUT2D eigenvalue weighted by Gasteiger charge is 2.03. The molecular weight excluding hydrogens is 280 g/mol. The fourth-order valence-corrected chi connectivity index (χ4v) is 1.82. The SMILES string of the molecule is COc1ccc(OCC(=O)NCc2cccc(C#N)c2)cc1. The molecule has 0 aliphatic carbocycles. The fraction of sp³-hybridized carbons (Fsp3) is 0.176. The van der Waals surface area contributed by atoms with Crippen LogP contribution in [0, 0.1) is 11.3 Å². The largest absolute Gasteiger partial charge is 0.497 e. The van der Waals surface area contributed by atoms with Gasteiger partial charge in [-0.3, -0.25) is 4.79 Å². The van der Waals surface area contributed by atoms with E-state index in [2.05, 4.69) is 11.4 Å². The first-order valence-electron chi connectivity index (χ1n) is 6.74. The molecule has 0 bridgehead atoms. The molecule has 0 aliphatic heterocycles. The summed E-state index contributed by atoms with van der Waals surface area (Å²) in [6, 6.07) is 16.2. The van der Waals surface area contributed by atoms with Gasteiger partial charge >= 0.3 is 0 Å². The maximum atomic E-state index is 11.7. The molecule has 0 heterocycles. The van der Waals surface area contributed by atoms with Gasteiger partial charge < -0.3 is 14.8 Å². The molecular formula is C17H16N2O3. The fourth-order valence-electron chi connectivity index (χ4n) is 1.82. The van der Waals surface area contributed by atoms with Crippen LogP contribution in [-0.2, 0) is 11.3 Å². The summed E-state index contributed by atoms with van der Waals surface area (Å²) in [5, 5.41) is 11.6. The van der Waals surface area contributed by atoms with Crippen LogP contribution >= 0.6 is 0 Å². The summed E-state index contributed by atoms with van der Waals surface area (Å²) in [7, 11) is 1.59. The third kappa shape index (κ3) is 4.53. The van der Waals surface area contributed by atoms with E-state index < -0.39 is 0 Å². The van der Waals surface area contributed by atoms with Gasteiger partial charge in [0.1, 0.15) is 11.5 Å². The van der Waals surface area contributed by atoms with Crippen LogP contribution in [0.3, 0.4) is 0 Å². The van der Waals surface area contributed by atoms with Crippen LogP contribution in [-0.4, -0.2) is 19.6 Å². The van der Waals surface area contributed by atoms with Gasteiger partial charge in [0.05, 0.1) is 18.7 Å². The van der Waals surface area contributed by atoms with E-state index in [9.17, 15) is 4.79 Å². The maximum Gasteiger partial charge on any atom is 0.258 e. The van der Waals surface area contributed by atoms with E-state index in [1.807, 2.05) is 6.07 Å². The zero-order chi connectivity index (χ0) is 15.8. The topological polar surface area (TPSA) is 71.3 Å². The lowest BCUT2D eigenvalue weighted by atomic mass is 10.1. The number of nitrogens with zero attached hydrogens (tertiary/aromatic N) is 1. The third-order valence-electron chi connectivity index (χ3n) is 2.98. The summed E-state index contributed by atoms with van der Waals surface area (Å²) in [5.41, 5.74) is 1.44. The summed E-state index contributed by atoms with van der Waals surface area (Å²) >= 11 is 0. The van der Waals surface area contributed by atoms with E-state index in [1.165, 1.54) is 0 Å².